The summed E-state index contributed by atoms with van der Waals surface area (Å²) in [6.07, 6.45) is 6.64. The third-order valence-electron chi connectivity index (χ3n) is 5.87. The minimum atomic E-state index is -0.569. The number of H-pyrrole nitrogens is 2. The summed E-state index contributed by atoms with van der Waals surface area (Å²) in [4.78, 5) is 33.0. The Morgan fingerprint density at radius 1 is 1.14 bits per heavy atom. The summed E-state index contributed by atoms with van der Waals surface area (Å²) in [6, 6.07) is 5.57. The Labute approximate surface area is 214 Å². The van der Waals surface area contributed by atoms with Gasteiger partial charge in [-0.3, -0.25) is 19.9 Å². The van der Waals surface area contributed by atoms with Crippen LogP contribution in [-0.2, 0) is 4.79 Å². The van der Waals surface area contributed by atoms with Crippen LogP contribution in [0.25, 0.3) is 56.0 Å². The molecule has 0 unspecified atom stereocenters. The number of anilines is 1. The number of halogens is 1. The summed E-state index contributed by atoms with van der Waals surface area (Å²) in [6.45, 7) is 3.93. The molecule has 6 aromatic rings. The summed E-state index contributed by atoms with van der Waals surface area (Å²) in [7, 11) is 0. The van der Waals surface area contributed by atoms with E-state index in [0.29, 0.717) is 45.9 Å². The Kier molecular flexibility index (Phi) is 5.68. The fourth-order valence-corrected chi connectivity index (χ4v) is 4.90. The van der Waals surface area contributed by atoms with Gasteiger partial charge in [0.2, 0.25) is 5.91 Å². The lowest BCUT2D eigenvalue weighted by Crippen LogP contribution is -2.14. The standard InChI is InChI=1S/C26H21FN8OS/c1-13(2)7-19(36)31-16-8-15(9-28-10-16)22-21(27)20-18(11-30-22)34-35-24(20)26-32-23-17(14-4-6-37-12-14)3-5-29-25(23)33-26/h3-6,8-13H,7H2,1-2H3,(H,31,36)(H,34,35)(H,29,32,33). The normalized spacial score (nSPS) is 11.6. The van der Waals surface area contributed by atoms with Crippen LogP contribution in [0.15, 0.2) is 53.7 Å². The van der Waals surface area contributed by atoms with Gasteiger partial charge in [0.1, 0.15) is 16.9 Å². The average molecular weight is 513 g/mol. The number of hydrogen-bond acceptors (Lipinski definition) is 7. The molecule has 11 heteroatoms. The molecule has 0 bridgehead atoms. The van der Waals surface area contributed by atoms with Crippen LogP contribution in [0.4, 0.5) is 10.1 Å². The molecular weight excluding hydrogens is 491 g/mol. The Balaban J connectivity index is 1.42. The summed E-state index contributed by atoms with van der Waals surface area (Å²) in [5.41, 5.74) is 4.97. The molecule has 6 rings (SSSR count). The average Bonchev–Trinajstić information content (AvgIpc) is 3.62. The number of nitrogens with zero attached hydrogens (tertiary/aromatic N) is 5. The number of imidazole rings is 1. The van der Waals surface area contributed by atoms with Gasteiger partial charge in [-0.1, -0.05) is 13.8 Å². The number of carbonyl (C=O) groups is 1. The van der Waals surface area contributed by atoms with Gasteiger partial charge in [-0.05, 0) is 40.4 Å². The number of fused-ring (bicyclic) bond motifs is 2. The summed E-state index contributed by atoms with van der Waals surface area (Å²) in [5.74, 6) is -0.0947. The first-order valence-corrected chi connectivity index (χ1v) is 12.6. The first-order valence-electron chi connectivity index (χ1n) is 11.6. The van der Waals surface area contributed by atoms with Crippen LogP contribution in [-0.4, -0.2) is 41.0 Å². The maximum absolute atomic E-state index is 16.0. The highest BCUT2D eigenvalue weighted by Gasteiger charge is 2.22. The van der Waals surface area contributed by atoms with Crippen molar-refractivity contribution in [1.29, 1.82) is 0 Å². The summed E-state index contributed by atoms with van der Waals surface area (Å²) < 4.78 is 16.0. The van der Waals surface area contributed by atoms with E-state index < -0.39 is 5.82 Å². The van der Waals surface area contributed by atoms with Crippen LogP contribution in [0.2, 0.25) is 0 Å². The Hall–Kier alpha value is -4.51. The van der Waals surface area contributed by atoms with Crippen molar-refractivity contribution in [3.8, 4) is 33.9 Å². The molecule has 184 valence electrons. The van der Waals surface area contributed by atoms with Crippen LogP contribution < -0.4 is 5.32 Å². The number of aromatic amines is 2. The molecule has 0 spiro atoms. The Morgan fingerprint density at radius 2 is 2.03 bits per heavy atom. The highest BCUT2D eigenvalue weighted by Crippen LogP contribution is 2.34. The van der Waals surface area contributed by atoms with Gasteiger partial charge in [-0.2, -0.15) is 16.4 Å². The minimum Gasteiger partial charge on any atom is -0.325 e. The fraction of sp³-hybridized carbons (Fsp3) is 0.154. The molecule has 0 aromatic carbocycles. The van der Waals surface area contributed by atoms with Crippen molar-refractivity contribution >= 4 is 45.0 Å². The molecule has 0 radical (unpaired) electrons. The predicted octanol–water partition coefficient (Wildman–Crippen LogP) is 5.81. The van der Waals surface area contributed by atoms with Gasteiger partial charge < -0.3 is 10.3 Å². The van der Waals surface area contributed by atoms with Crippen molar-refractivity contribution in [3.63, 3.8) is 0 Å². The van der Waals surface area contributed by atoms with Gasteiger partial charge in [0.25, 0.3) is 0 Å². The predicted molar refractivity (Wildman–Crippen MR) is 141 cm³/mol. The molecule has 6 heterocycles. The van der Waals surface area contributed by atoms with E-state index in [1.54, 1.807) is 23.6 Å². The number of nitrogens with one attached hydrogen (secondary N) is 3. The van der Waals surface area contributed by atoms with Crippen molar-refractivity contribution in [2.24, 2.45) is 5.92 Å². The SMILES string of the molecule is CC(C)CC(=O)Nc1cncc(-c2ncc3[nH]nc(-c4nc5c(-c6ccsc6)ccnc5[nH]4)c3c2F)c1. The molecule has 0 saturated carbocycles. The Morgan fingerprint density at radius 3 is 2.84 bits per heavy atom. The second-order valence-electron chi connectivity index (χ2n) is 9.04. The highest BCUT2D eigenvalue weighted by molar-refractivity contribution is 7.08. The van der Waals surface area contributed by atoms with E-state index in [4.69, 9.17) is 4.98 Å². The van der Waals surface area contributed by atoms with Gasteiger partial charge in [0.05, 0.1) is 29.0 Å². The molecule has 0 aliphatic heterocycles. The summed E-state index contributed by atoms with van der Waals surface area (Å²) >= 11 is 1.60. The molecule has 6 aromatic heterocycles. The van der Waals surface area contributed by atoms with Gasteiger partial charge in [-0.15, -0.1) is 0 Å². The number of aromatic nitrogens is 7. The molecule has 0 aliphatic rings. The van der Waals surface area contributed by atoms with Gasteiger partial charge in [-0.25, -0.2) is 14.4 Å². The van der Waals surface area contributed by atoms with Crippen LogP contribution in [0, 0.1) is 11.7 Å². The van der Waals surface area contributed by atoms with E-state index in [9.17, 15) is 4.79 Å². The molecule has 0 atom stereocenters. The smallest absolute Gasteiger partial charge is 0.224 e. The van der Waals surface area contributed by atoms with E-state index in [1.807, 2.05) is 36.7 Å². The number of pyridine rings is 3. The third-order valence-corrected chi connectivity index (χ3v) is 6.56. The lowest BCUT2D eigenvalue weighted by Gasteiger charge is -2.09. The molecule has 0 aliphatic carbocycles. The first kappa shape index (κ1) is 22.9. The zero-order chi connectivity index (χ0) is 25.5. The maximum Gasteiger partial charge on any atom is 0.224 e. The summed E-state index contributed by atoms with van der Waals surface area (Å²) in [5, 5.41) is 14.3. The zero-order valence-electron chi connectivity index (χ0n) is 19.9. The molecule has 37 heavy (non-hydrogen) atoms. The molecule has 9 nitrogen and oxygen atoms in total. The molecule has 0 fully saturated rings. The maximum atomic E-state index is 16.0. The van der Waals surface area contributed by atoms with Crippen molar-refractivity contribution in [2.45, 2.75) is 20.3 Å². The quantitative estimate of drug-likeness (QED) is 0.259. The Bertz CT molecular complexity index is 1760. The van der Waals surface area contributed by atoms with Crippen LogP contribution in [0.3, 0.4) is 0 Å². The van der Waals surface area contributed by atoms with Crippen molar-refractivity contribution < 1.29 is 9.18 Å². The molecule has 1 amide bonds. The van der Waals surface area contributed by atoms with E-state index in [2.05, 4.69) is 35.5 Å². The number of hydrogen-bond donors (Lipinski definition) is 3. The van der Waals surface area contributed by atoms with Crippen LogP contribution in [0.5, 0.6) is 0 Å². The second kappa shape index (κ2) is 9.17. The van der Waals surface area contributed by atoms with Crippen LogP contribution >= 0.6 is 11.3 Å². The van der Waals surface area contributed by atoms with Crippen molar-refractivity contribution in [3.05, 3.63) is 59.6 Å². The van der Waals surface area contributed by atoms with Gasteiger partial charge in [0.15, 0.2) is 17.3 Å². The number of amides is 1. The van der Waals surface area contributed by atoms with Gasteiger partial charge in [0, 0.05) is 29.9 Å². The number of rotatable bonds is 6. The molecule has 3 N–H and O–H groups in total. The zero-order valence-corrected chi connectivity index (χ0v) is 20.7. The minimum absolute atomic E-state index is 0.0933. The fourth-order valence-electron chi connectivity index (χ4n) is 4.24. The number of thiophene rings is 1. The van der Waals surface area contributed by atoms with Crippen molar-refractivity contribution in [1.82, 2.24) is 35.1 Å². The lowest BCUT2D eigenvalue weighted by atomic mass is 10.1. The van der Waals surface area contributed by atoms with Crippen molar-refractivity contribution in [2.75, 3.05) is 5.32 Å². The molecular formula is C26H21FN8OS. The van der Waals surface area contributed by atoms with E-state index in [1.165, 1.54) is 18.6 Å². The largest absolute Gasteiger partial charge is 0.325 e. The lowest BCUT2D eigenvalue weighted by molar-refractivity contribution is -0.116. The van der Waals surface area contributed by atoms with E-state index in [-0.39, 0.29) is 22.9 Å². The van der Waals surface area contributed by atoms with Gasteiger partial charge >= 0.3 is 0 Å². The monoisotopic (exact) mass is 512 g/mol. The second-order valence-corrected chi connectivity index (χ2v) is 9.82. The van der Waals surface area contributed by atoms with E-state index >= 15 is 4.39 Å². The highest BCUT2D eigenvalue weighted by atomic mass is 32.1. The van der Waals surface area contributed by atoms with Crippen LogP contribution in [0.1, 0.15) is 20.3 Å². The third kappa shape index (κ3) is 4.23. The number of carbonyl (C=O) groups excluding carboxylic acids is 1. The first-order chi connectivity index (χ1) is 18.0. The molecule has 0 saturated heterocycles. The van der Waals surface area contributed by atoms with E-state index in [0.717, 1.165) is 11.1 Å². The topological polar surface area (TPSA) is 125 Å².